The average molecular weight is 505 g/mol. The number of ether oxygens (including phenoxy) is 2. The number of pyridine rings is 1. The molecule has 1 aromatic carbocycles. The number of hydrogen-bond acceptors (Lipinski definition) is 9. The van der Waals surface area contributed by atoms with E-state index in [0.717, 1.165) is 42.3 Å². The number of rotatable bonds is 4. The van der Waals surface area contributed by atoms with Crippen LogP contribution in [0, 0.1) is 6.92 Å². The highest BCUT2D eigenvalue weighted by Gasteiger charge is 2.25. The Morgan fingerprint density at radius 1 is 1.16 bits per heavy atom. The second kappa shape index (κ2) is 9.36. The first-order valence-corrected chi connectivity index (χ1v) is 12.4. The molecule has 0 bridgehead atoms. The van der Waals surface area contributed by atoms with E-state index in [-0.39, 0.29) is 17.9 Å². The van der Waals surface area contributed by atoms with Crippen LogP contribution in [0.15, 0.2) is 30.7 Å². The molecule has 5 heterocycles. The average Bonchev–Trinajstić information content (AvgIpc) is 3.35. The molecule has 2 fully saturated rings. The van der Waals surface area contributed by atoms with E-state index in [9.17, 15) is 9.90 Å². The van der Waals surface area contributed by atoms with Gasteiger partial charge in [-0.15, -0.1) is 0 Å². The van der Waals surface area contributed by atoms with Crippen LogP contribution in [0.3, 0.4) is 0 Å². The van der Waals surface area contributed by atoms with Gasteiger partial charge in [0.25, 0.3) is 0 Å². The largest absolute Gasteiger partial charge is 0.465 e. The van der Waals surface area contributed by atoms with Crippen molar-refractivity contribution in [2.45, 2.75) is 32.4 Å². The molecule has 192 valence electrons. The van der Waals surface area contributed by atoms with Crippen molar-refractivity contribution in [3.8, 4) is 11.6 Å². The number of aryl methyl sites for hydroxylation is 1. The van der Waals surface area contributed by atoms with Gasteiger partial charge in [0.15, 0.2) is 6.23 Å². The molecule has 6 rings (SSSR count). The minimum Gasteiger partial charge on any atom is -0.465 e. The minimum absolute atomic E-state index is 0.0926. The molecule has 1 unspecified atom stereocenters. The van der Waals surface area contributed by atoms with Gasteiger partial charge in [0.05, 0.1) is 22.5 Å². The standard InChI is InChI=1S/C25H28N8O4/c1-15-5-6-18-17(13-29-33(18)20-4-2-3-11-36-20)22(15)37-24-21-16(12-19(26)30-24)23(28-14-27-21)31-7-9-32(10-8-31)25(34)35/h5-6,12-14,20H,2-4,7-11H2,1H3,(H2,26,30)(H,34,35). The molecule has 37 heavy (non-hydrogen) atoms. The Bertz CT molecular complexity index is 1470. The number of carboxylic acid groups (broad SMARTS) is 1. The summed E-state index contributed by atoms with van der Waals surface area (Å²) in [5, 5.41) is 15.5. The lowest BCUT2D eigenvalue weighted by molar-refractivity contribution is -0.0366. The second-order valence-corrected chi connectivity index (χ2v) is 9.36. The Morgan fingerprint density at radius 2 is 2.00 bits per heavy atom. The van der Waals surface area contributed by atoms with Crippen LogP contribution in [-0.2, 0) is 4.74 Å². The second-order valence-electron chi connectivity index (χ2n) is 9.36. The number of piperazine rings is 1. The summed E-state index contributed by atoms with van der Waals surface area (Å²) in [5.74, 6) is 1.86. The molecule has 0 radical (unpaired) electrons. The zero-order valence-electron chi connectivity index (χ0n) is 20.5. The van der Waals surface area contributed by atoms with Gasteiger partial charge in [-0.25, -0.2) is 19.4 Å². The van der Waals surface area contributed by atoms with Crippen molar-refractivity contribution >= 4 is 39.5 Å². The first-order chi connectivity index (χ1) is 18.0. The van der Waals surface area contributed by atoms with Crippen LogP contribution in [-0.4, -0.2) is 73.6 Å². The van der Waals surface area contributed by atoms with E-state index in [1.807, 2.05) is 28.6 Å². The topological polar surface area (TPSA) is 145 Å². The zero-order valence-corrected chi connectivity index (χ0v) is 20.5. The van der Waals surface area contributed by atoms with Gasteiger partial charge in [0, 0.05) is 32.8 Å². The van der Waals surface area contributed by atoms with Crippen LogP contribution < -0.4 is 15.4 Å². The van der Waals surface area contributed by atoms with Crippen LogP contribution in [0.25, 0.3) is 21.8 Å². The van der Waals surface area contributed by atoms with Gasteiger partial charge < -0.3 is 30.1 Å². The molecule has 3 N–H and O–H groups in total. The first kappa shape index (κ1) is 23.2. The normalized spacial score (nSPS) is 18.5. The highest BCUT2D eigenvalue weighted by molar-refractivity contribution is 5.95. The SMILES string of the molecule is Cc1ccc2c(cnn2C2CCCCO2)c1Oc1nc(N)cc2c(N3CCN(C(=O)O)CC3)ncnc12. The molecule has 2 aliphatic heterocycles. The molecule has 2 saturated heterocycles. The number of carbonyl (C=O) groups is 1. The van der Waals surface area contributed by atoms with E-state index in [2.05, 4.69) is 20.1 Å². The minimum atomic E-state index is -0.917. The maximum Gasteiger partial charge on any atom is 0.407 e. The van der Waals surface area contributed by atoms with Crippen LogP contribution in [0.1, 0.15) is 31.1 Å². The van der Waals surface area contributed by atoms with Crippen molar-refractivity contribution in [3.05, 3.63) is 36.3 Å². The third kappa shape index (κ3) is 4.22. The molecule has 1 amide bonds. The molecule has 3 aromatic heterocycles. The van der Waals surface area contributed by atoms with E-state index in [1.54, 1.807) is 12.3 Å². The molecule has 2 aliphatic rings. The van der Waals surface area contributed by atoms with E-state index >= 15 is 0 Å². The van der Waals surface area contributed by atoms with E-state index in [4.69, 9.17) is 15.2 Å². The van der Waals surface area contributed by atoms with Gasteiger partial charge in [-0.1, -0.05) is 6.07 Å². The van der Waals surface area contributed by atoms with Crippen molar-refractivity contribution in [2.24, 2.45) is 0 Å². The highest BCUT2D eigenvalue weighted by Crippen LogP contribution is 2.38. The lowest BCUT2D eigenvalue weighted by Gasteiger charge is -2.34. The van der Waals surface area contributed by atoms with Crippen LogP contribution in [0.4, 0.5) is 16.4 Å². The molecule has 12 heteroatoms. The fourth-order valence-electron chi connectivity index (χ4n) is 5.06. The number of nitrogens with zero attached hydrogens (tertiary/aromatic N) is 7. The van der Waals surface area contributed by atoms with Crippen LogP contribution in [0.5, 0.6) is 11.6 Å². The molecular weight excluding hydrogens is 476 g/mol. The fraction of sp³-hybridized carbons (Fsp3) is 0.400. The Labute approximate surface area is 212 Å². The van der Waals surface area contributed by atoms with E-state index < -0.39 is 6.09 Å². The number of nitrogen functional groups attached to an aromatic ring is 1. The van der Waals surface area contributed by atoms with Crippen molar-refractivity contribution in [1.82, 2.24) is 29.6 Å². The maximum atomic E-state index is 11.3. The molecule has 0 aliphatic carbocycles. The van der Waals surface area contributed by atoms with Gasteiger partial charge >= 0.3 is 6.09 Å². The lowest BCUT2D eigenvalue weighted by atomic mass is 10.1. The molecule has 4 aromatic rings. The number of aromatic nitrogens is 5. The number of fused-ring (bicyclic) bond motifs is 2. The number of benzene rings is 1. The summed E-state index contributed by atoms with van der Waals surface area (Å²) in [6.45, 7) is 4.50. The lowest BCUT2D eigenvalue weighted by Crippen LogP contribution is -2.48. The summed E-state index contributed by atoms with van der Waals surface area (Å²) in [6, 6.07) is 5.76. The monoisotopic (exact) mass is 504 g/mol. The molecule has 0 saturated carbocycles. The summed E-state index contributed by atoms with van der Waals surface area (Å²) in [4.78, 5) is 28.2. The van der Waals surface area contributed by atoms with Crippen molar-refractivity contribution < 1.29 is 19.4 Å². The van der Waals surface area contributed by atoms with Crippen molar-refractivity contribution in [3.63, 3.8) is 0 Å². The third-order valence-electron chi connectivity index (χ3n) is 6.99. The van der Waals surface area contributed by atoms with Gasteiger partial charge in [-0.3, -0.25) is 0 Å². The Kier molecular flexibility index (Phi) is 5.87. The van der Waals surface area contributed by atoms with Gasteiger partial charge in [0.1, 0.15) is 29.2 Å². The fourth-order valence-corrected chi connectivity index (χ4v) is 5.06. The quantitative estimate of drug-likeness (QED) is 0.423. The predicted molar refractivity (Wildman–Crippen MR) is 137 cm³/mol. The molecule has 1 atom stereocenters. The summed E-state index contributed by atoms with van der Waals surface area (Å²) in [7, 11) is 0. The zero-order chi connectivity index (χ0) is 25.5. The van der Waals surface area contributed by atoms with Crippen molar-refractivity contribution in [1.29, 1.82) is 0 Å². The van der Waals surface area contributed by atoms with E-state index in [1.165, 1.54) is 11.2 Å². The Balaban J connectivity index is 1.38. The number of anilines is 2. The van der Waals surface area contributed by atoms with Gasteiger partial charge in [0.2, 0.25) is 5.88 Å². The van der Waals surface area contributed by atoms with Gasteiger partial charge in [-0.2, -0.15) is 10.1 Å². The number of amides is 1. The Hall–Kier alpha value is -4.19. The summed E-state index contributed by atoms with van der Waals surface area (Å²) in [6.07, 6.45) is 5.35. The molecule has 12 nitrogen and oxygen atoms in total. The van der Waals surface area contributed by atoms with Crippen LogP contribution >= 0.6 is 0 Å². The molecular formula is C25H28N8O4. The first-order valence-electron chi connectivity index (χ1n) is 12.4. The third-order valence-corrected chi connectivity index (χ3v) is 6.99. The highest BCUT2D eigenvalue weighted by atomic mass is 16.5. The van der Waals surface area contributed by atoms with Crippen molar-refractivity contribution in [2.75, 3.05) is 43.4 Å². The van der Waals surface area contributed by atoms with Gasteiger partial charge in [-0.05, 0) is 43.9 Å². The summed E-state index contributed by atoms with van der Waals surface area (Å²) in [5.41, 5.74) is 8.58. The number of nitrogens with two attached hydrogens (primary N) is 1. The summed E-state index contributed by atoms with van der Waals surface area (Å²) < 4.78 is 14.3. The van der Waals surface area contributed by atoms with Crippen LogP contribution in [0.2, 0.25) is 0 Å². The summed E-state index contributed by atoms with van der Waals surface area (Å²) >= 11 is 0. The molecule has 0 spiro atoms. The number of hydrogen-bond donors (Lipinski definition) is 2. The predicted octanol–water partition coefficient (Wildman–Crippen LogP) is 3.56. The maximum absolute atomic E-state index is 11.3. The smallest absolute Gasteiger partial charge is 0.407 e. The Morgan fingerprint density at radius 3 is 2.76 bits per heavy atom. The van der Waals surface area contributed by atoms with E-state index in [0.29, 0.717) is 48.6 Å².